The number of piperidine rings is 1. The molecule has 0 spiro atoms. The van der Waals surface area contributed by atoms with Crippen molar-refractivity contribution in [3.63, 3.8) is 0 Å². The Labute approximate surface area is 192 Å². The summed E-state index contributed by atoms with van der Waals surface area (Å²) in [7, 11) is 0. The van der Waals surface area contributed by atoms with Crippen molar-refractivity contribution in [2.45, 2.75) is 71.3 Å². The summed E-state index contributed by atoms with van der Waals surface area (Å²) in [5.74, 6) is -0.100. The maximum atomic E-state index is 13.3. The van der Waals surface area contributed by atoms with Crippen molar-refractivity contribution in [1.82, 2.24) is 5.32 Å². The molecule has 3 rings (SSSR count). The molecular formula is C27H37N3O2. The third kappa shape index (κ3) is 6.84. The molecule has 0 radical (unpaired) electrons. The topological polar surface area (TPSA) is 61.4 Å². The minimum Gasteiger partial charge on any atom is -0.371 e. The standard InChI is InChI=1S/C27H37N3O2/c1-3-4-5-10-15-26(31)29-23-16-17-25(30-18-11-7-12-19-30)24(20-23)27(32)28-21(2)22-13-8-6-9-14-22/h6,8-9,13-14,16-17,20-21H,3-5,7,10-12,15,18-19H2,1-2H3,(H,28,32)(H,29,31)/t21-/m0/s1. The third-order valence-electron chi connectivity index (χ3n) is 6.13. The van der Waals surface area contributed by atoms with Crippen LogP contribution in [-0.2, 0) is 4.79 Å². The van der Waals surface area contributed by atoms with Crippen molar-refractivity contribution in [1.29, 1.82) is 0 Å². The molecule has 172 valence electrons. The average Bonchev–Trinajstić information content (AvgIpc) is 2.83. The minimum atomic E-state index is -0.110. The molecule has 1 atom stereocenters. The molecule has 5 nitrogen and oxygen atoms in total. The first-order valence-electron chi connectivity index (χ1n) is 12.1. The molecule has 2 amide bonds. The van der Waals surface area contributed by atoms with Gasteiger partial charge in [0.05, 0.1) is 11.6 Å². The number of amides is 2. The number of rotatable bonds is 10. The number of nitrogens with one attached hydrogen (secondary N) is 2. The fraction of sp³-hybridized carbons (Fsp3) is 0.481. The lowest BCUT2D eigenvalue weighted by molar-refractivity contribution is -0.116. The van der Waals surface area contributed by atoms with Gasteiger partial charge in [0.2, 0.25) is 5.91 Å². The molecule has 2 aromatic carbocycles. The lowest BCUT2D eigenvalue weighted by Crippen LogP contribution is -2.33. The molecule has 0 saturated carbocycles. The lowest BCUT2D eigenvalue weighted by atomic mass is 10.0. The quantitative estimate of drug-likeness (QED) is 0.445. The van der Waals surface area contributed by atoms with Gasteiger partial charge in [-0.25, -0.2) is 0 Å². The molecule has 0 aliphatic carbocycles. The second kappa shape index (κ2) is 12.3. The summed E-state index contributed by atoms with van der Waals surface area (Å²) < 4.78 is 0. The summed E-state index contributed by atoms with van der Waals surface area (Å²) in [6, 6.07) is 15.6. The van der Waals surface area contributed by atoms with Gasteiger partial charge in [-0.1, -0.05) is 56.5 Å². The fourth-order valence-corrected chi connectivity index (χ4v) is 4.24. The molecule has 1 aliphatic heterocycles. The molecule has 2 N–H and O–H groups in total. The van der Waals surface area contributed by atoms with E-state index in [1.807, 2.05) is 55.5 Å². The van der Waals surface area contributed by atoms with Crippen molar-refractivity contribution in [2.24, 2.45) is 0 Å². The van der Waals surface area contributed by atoms with Gasteiger partial charge in [0.25, 0.3) is 5.91 Å². The van der Waals surface area contributed by atoms with Crippen LogP contribution in [0.15, 0.2) is 48.5 Å². The molecule has 1 saturated heterocycles. The Bertz CT molecular complexity index is 876. The molecule has 2 aromatic rings. The maximum absolute atomic E-state index is 13.3. The summed E-state index contributed by atoms with van der Waals surface area (Å²) in [5.41, 5.74) is 3.32. The average molecular weight is 436 g/mol. The van der Waals surface area contributed by atoms with Crippen LogP contribution in [0, 0.1) is 0 Å². The van der Waals surface area contributed by atoms with Crippen molar-refractivity contribution >= 4 is 23.2 Å². The van der Waals surface area contributed by atoms with Crippen LogP contribution in [0.25, 0.3) is 0 Å². The second-order valence-corrected chi connectivity index (χ2v) is 8.74. The highest BCUT2D eigenvalue weighted by atomic mass is 16.2. The van der Waals surface area contributed by atoms with Gasteiger partial charge in [-0.15, -0.1) is 0 Å². The van der Waals surface area contributed by atoms with Crippen molar-refractivity contribution < 1.29 is 9.59 Å². The van der Waals surface area contributed by atoms with Crippen LogP contribution in [0.4, 0.5) is 11.4 Å². The summed E-state index contributed by atoms with van der Waals surface area (Å²) >= 11 is 0. The first-order valence-corrected chi connectivity index (χ1v) is 12.1. The van der Waals surface area contributed by atoms with E-state index in [1.54, 1.807) is 0 Å². The molecule has 0 aromatic heterocycles. The van der Waals surface area contributed by atoms with E-state index in [0.717, 1.165) is 62.9 Å². The molecule has 1 heterocycles. The van der Waals surface area contributed by atoms with Gasteiger partial charge in [0.15, 0.2) is 0 Å². The van der Waals surface area contributed by atoms with E-state index in [9.17, 15) is 9.59 Å². The summed E-state index contributed by atoms with van der Waals surface area (Å²) in [5, 5.41) is 6.13. The Morgan fingerprint density at radius 3 is 2.44 bits per heavy atom. The smallest absolute Gasteiger partial charge is 0.253 e. The van der Waals surface area contributed by atoms with E-state index < -0.39 is 0 Å². The molecule has 0 bridgehead atoms. The normalized spacial score (nSPS) is 14.6. The van der Waals surface area contributed by atoms with Gasteiger partial charge < -0.3 is 15.5 Å². The van der Waals surface area contributed by atoms with Gasteiger partial charge in [-0.2, -0.15) is 0 Å². The molecule has 32 heavy (non-hydrogen) atoms. The monoisotopic (exact) mass is 435 g/mol. The largest absolute Gasteiger partial charge is 0.371 e. The van der Waals surface area contributed by atoms with Crippen LogP contribution >= 0.6 is 0 Å². The van der Waals surface area contributed by atoms with Gasteiger partial charge in [-0.3, -0.25) is 9.59 Å². The molecular weight excluding hydrogens is 398 g/mol. The van der Waals surface area contributed by atoms with E-state index in [2.05, 4.69) is 22.5 Å². The van der Waals surface area contributed by atoms with E-state index >= 15 is 0 Å². The number of hydrogen-bond donors (Lipinski definition) is 2. The zero-order valence-corrected chi connectivity index (χ0v) is 19.5. The predicted octanol–water partition coefficient (Wildman–Crippen LogP) is 6.08. The number of benzene rings is 2. The Morgan fingerprint density at radius 2 is 1.72 bits per heavy atom. The summed E-state index contributed by atoms with van der Waals surface area (Å²) in [4.78, 5) is 28.0. The minimum absolute atomic E-state index is 0.0100. The first-order chi connectivity index (χ1) is 15.6. The number of carbonyl (C=O) groups excluding carboxylic acids is 2. The molecule has 1 fully saturated rings. The molecule has 0 unspecified atom stereocenters. The van der Waals surface area contributed by atoms with E-state index in [0.29, 0.717) is 17.7 Å². The third-order valence-corrected chi connectivity index (χ3v) is 6.13. The van der Waals surface area contributed by atoms with Gasteiger partial charge >= 0.3 is 0 Å². The van der Waals surface area contributed by atoms with E-state index in [4.69, 9.17) is 0 Å². The van der Waals surface area contributed by atoms with Crippen LogP contribution in [0.5, 0.6) is 0 Å². The van der Waals surface area contributed by atoms with Crippen molar-refractivity contribution in [3.05, 3.63) is 59.7 Å². The number of anilines is 2. The number of unbranched alkanes of at least 4 members (excludes halogenated alkanes) is 3. The Kier molecular flexibility index (Phi) is 9.14. The van der Waals surface area contributed by atoms with Crippen molar-refractivity contribution in [3.8, 4) is 0 Å². The summed E-state index contributed by atoms with van der Waals surface area (Å²) in [6.07, 6.45) is 8.29. The zero-order chi connectivity index (χ0) is 22.8. The van der Waals surface area contributed by atoms with Gasteiger partial charge in [0.1, 0.15) is 0 Å². The number of carbonyl (C=O) groups is 2. The van der Waals surface area contributed by atoms with Crippen LogP contribution in [-0.4, -0.2) is 24.9 Å². The first kappa shape index (κ1) is 23.8. The zero-order valence-electron chi connectivity index (χ0n) is 19.5. The maximum Gasteiger partial charge on any atom is 0.253 e. The highest BCUT2D eigenvalue weighted by Gasteiger charge is 2.21. The molecule has 1 aliphatic rings. The van der Waals surface area contributed by atoms with Gasteiger partial charge in [-0.05, 0) is 56.4 Å². The van der Waals surface area contributed by atoms with Gasteiger partial charge in [0, 0.05) is 30.9 Å². The van der Waals surface area contributed by atoms with E-state index in [1.165, 1.54) is 6.42 Å². The highest BCUT2D eigenvalue weighted by Crippen LogP contribution is 2.28. The second-order valence-electron chi connectivity index (χ2n) is 8.74. The van der Waals surface area contributed by atoms with Crippen LogP contribution in [0.3, 0.4) is 0 Å². The Balaban J connectivity index is 1.76. The Morgan fingerprint density at radius 1 is 0.969 bits per heavy atom. The van der Waals surface area contributed by atoms with Crippen molar-refractivity contribution in [2.75, 3.05) is 23.3 Å². The molecule has 5 heteroatoms. The summed E-state index contributed by atoms with van der Waals surface area (Å²) in [6.45, 7) is 6.07. The SMILES string of the molecule is CCCCCCC(=O)Nc1ccc(N2CCCCC2)c(C(=O)N[C@@H](C)c2ccccc2)c1. The number of nitrogens with zero attached hydrogens (tertiary/aromatic N) is 1. The van der Waals surface area contributed by atoms with Crippen LogP contribution in [0.1, 0.15) is 87.2 Å². The number of hydrogen-bond acceptors (Lipinski definition) is 3. The predicted molar refractivity (Wildman–Crippen MR) is 132 cm³/mol. The lowest BCUT2D eigenvalue weighted by Gasteiger charge is -2.31. The van der Waals surface area contributed by atoms with Crippen LogP contribution < -0.4 is 15.5 Å². The highest BCUT2D eigenvalue weighted by molar-refractivity contribution is 6.02. The fourth-order valence-electron chi connectivity index (χ4n) is 4.24. The Hall–Kier alpha value is -2.82. The van der Waals surface area contributed by atoms with E-state index in [-0.39, 0.29) is 17.9 Å². The van der Waals surface area contributed by atoms with Crippen LogP contribution in [0.2, 0.25) is 0 Å².